The molecule has 0 aliphatic heterocycles. The van der Waals surface area contributed by atoms with Crippen molar-refractivity contribution in [2.75, 3.05) is 5.73 Å². The largest absolute Gasteiger partial charge is 0.460 e. The second-order valence-electron chi connectivity index (χ2n) is 11.6. The zero-order valence-corrected chi connectivity index (χ0v) is 31.7. The first-order chi connectivity index (χ1) is 25.1. The lowest BCUT2D eigenvalue weighted by molar-refractivity contribution is -0.208. The van der Waals surface area contributed by atoms with Crippen molar-refractivity contribution in [3.8, 4) is 0 Å². The Labute approximate surface area is 324 Å². The number of halogens is 11. The van der Waals surface area contributed by atoms with E-state index in [-0.39, 0.29) is 12.1 Å². The molecule has 0 aromatic carbocycles. The number of aliphatic hydroxyl groups excluding tert-OH is 3. The maximum atomic E-state index is 12.4. The second kappa shape index (κ2) is 21.2. The van der Waals surface area contributed by atoms with Crippen LogP contribution in [0.1, 0.15) is 72.2 Å². The van der Waals surface area contributed by atoms with Crippen molar-refractivity contribution in [3.63, 3.8) is 0 Å². The van der Waals surface area contributed by atoms with Crippen molar-refractivity contribution in [2.45, 2.75) is 69.6 Å². The van der Waals surface area contributed by atoms with Gasteiger partial charge >= 0.3 is 24.5 Å². The molecular formula is C33H32Br2F9N5O6. The zero-order valence-electron chi connectivity index (χ0n) is 28.5. The molecule has 0 amide bonds. The van der Waals surface area contributed by atoms with Crippen LogP contribution in [0.3, 0.4) is 0 Å². The van der Waals surface area contributed by atoms with Gasteiger partial charge in [-0.2, -0.15) is 39.5 Å². The number of carbonyl (C=O) groups excluding carboxylic acids is 2. The number of aldehydes is 1. The van der Waals surface area contributed by atoms with E-state index in [2.05, 4.69) is 51.8 Å². The predicted molar refractivity (Wildman–Crippen MR) is 185 cm³/mol. The first-order valence-electron chi connectivity index (χ1n) is 14.9. The summed E-state index contributed by atoms with van der Waals surface area (Å²) < 4.78 is 115. The lowest BCUT2D eigenvalue weighted by atomic mass is 10.1. The molecule has 0 saturated carbocycles. The summed E-state index contributed by atoms with van der Waals surface area (Å²) in [5.74, 6) is -0.559. The molecule has 0 aliphatic carbocycles. The Balaban J connectivity index is 0.000000381. The number of pyridine rings is 4. The van der Waals surface area contributed by atoms with Gasteiger partial charge in [0.1, 0.15) is 11.3 Å². The van der Waals surface area contributed by atoms with Crippen molar-refractivity contribution in [3.05, 3.63) is 111 Å². The van der Waals surface area contributed by atoms with Crippen molar-refractivity contribution < 1.29 is 69.2 Å². The van der Waals surface area contributed by atoms with Crippen molar-refractivity contribution in [1.29, 1.82) is 0 Å². The number of hydrogen-bond acceptors (Lipinski definition) is 11. The summed E-state index contributed by atoms with van der Waals surface area (Å²) in [7, 11) is 0. The van der Waals surface area contributed by atoms with Crippen molar-refractivity contribution >= 4 is 49.8 Å². The summed E-state index contributed by atoms with van der Waals surface area (Å²) >= 11 is 6.18. The Morgan fingerprint density at radius 3 is 1.47 bits per heavy atom. The van der Waals surface area contributed by atoms with Gasteiger partial charge in [0.15, 0.2) is 24.6 Å². The zero-order chi connectivity index (χ0) is 42.4. The summed E-state index contributed by atoms with van der Waals surface area (Å²) in [4.78, 5) is 35.6. The molecule has 0 radical (unpaired) electrons. The summed E-state index contributed by atoms with van der Waals surface area (Å²) in [6, 6.07) is 10.8. The van der Waals surface area contributed by atoms with Crippen LogP contribution >= 0.6 is 31.9 Å². The van der Waals surface area contributed by atoms with Crippen LogP contribution in [0, 0.1) is 0 Å². The molecule has 0 bridgehead atoms. The SMILES string of the molecule is CC(C)(C)OC(=O)Cc1ccnc(C(O)C(F)(F)F)c1.Nc1ccnc(C(O)C(F)(F)F)c1.O=Cc1cc(Br)ccn1.OC(c1cc(Br)ccn1)C(F)(F)F. The first-order valence-corrected chi connectivity index (χ1v) is 16.5. The molecule has 4 aromatic rings. The van der Waals surface area contributed by atoms with Crippen LogP contribution in [0.4, 0.5) is 45.2 Å². The average Bonchev–Trinajstić information content (AvgIpc) is 3.06. The Hall–Kier alpha value is -4.25. The Morgan fingerprint density at radius 2 is 1.09 bits per heavy atom. The molecule has 55 heavy (non-hydrogen) atoms. The Bertz CT molecular complexity index is 1770. The number of esters is 1. The Morgan fingerprint density at radius 1 is 0.691 bits per heavy atom. The van der Waals surface area contributed by atoms with Gasteiger partial charge in [0.25, 0.3) is 0 Å². The second-order valence-corrected chi connectivity index (χ2v) is 13.4. The maximum absolute atomic E-state index is 12.4. The molecular weight excluding hydrogens is 893 g/mol. The normalized spacial score (nSPS) is 13.3. The highest BCUT2D eigenvalue weighted by Gasteiger charge is 2.42. The van der Waals surface area contributed by atoms with Crippen LogP contribution in [-0.2, 0) is 16.0 Å². The van der Waals surface area contributed by atoms with Crippen molar-refractivity contribution in [1.82, 2.24) is 19.9 Å². The number of alkyl halides is 9. The number of hydrogen-bond donors (Lipinski definition) is 4. The van der Waals surface area contributed by atoms with Crippen LogP contribution in [0.2, 0.25) is 0 Å². The van der Waals surface area contributed by atoms with Gasteiger partial charge in [-0.25, -0.2) is 0 Å². The number of ether oxygens (including phenoxy) is 1. The molecule has 0 saturated heterocycles. The summed E-state index contributed by atoms with van der Waals surface area (Å²) in [5, 5.41) is 26.6. The monoisotopic (exact) mass is 923 g/mol. The minimum Gasteiger partial charge on any atom is -0.460 e. The van der Waals surface area contributed by atoms with E-state index in [9.17, 15) is 49.1 Å². The number of aliphatic hydroxyl groups is 3. The standard InChI is InChI=1S/C13H16F3NO3.C7H5BrF3NO.C7H7F3N2O.C6H4BrNO/c1-12(2,3)20-10(18)7-8-4-5-17-9(6-8)11(19)13(14,15)16;8-4-1-2-12-5(3-4)6(13)7(9,10)11;8-7(9,10)6(13)5-3-4(11)1-2-12-5;7-5-1-2-8-6(3-5)4-9/h4-6,11,19H,7H2,1-3H3;1-3,6,13H;1-3,6,13H,(H2,11,12);1-4H. The van der Waals surface area contributed by atoms with Gasteiger partial charge in [0, 0.05) is 39.4 Å². The molecule has 11 nitrogen and oxygen atoms in total. The fourth-order valence-corrected chi connectivity index (χ4v) is 4.18. The lowest BCUT2D eigenvalue weighted by Gasteiger charge is -2.19. The highest BCUT2D eigenvalue weighted by atomic mass is 79.9. The predicted octanol–water partition coefficient (Wildman–Crippen LogP) is 7.92. The van der Waals surface area contributed by atoms with Gasteiger partial charge in [0.2, 0.25) is 0 Å². The molecule has 5 N–H and O–H groups in total. The third kappa shape index (κ3) is 19.3. The van der Waals surface area contributed by atoms with Gasteiger partial charge in [-0.05, 0) is 74.9 Å². The molecule has 4 aromatic heterocycles. The number of nitrogen functional groups attached to an aromatic ring is 1. The number of rotatable bonds is 6. The summed E-state index contributed by atoms with van der Waals surface area (Å²) in [6.07, 6.45) is -16.4. The average molecular weight is 925 g/mol. The number of anilines is 1. The molecule has 4 rings (SSSR count). The van der Waals surface area contributed by atoms with E-state index in [0.29, 0.717) is 22.0 Å². The molecule has 3 atom stereocenters. The van der Waals surface area contributed by atoms with Gasteiger partial charge in [0.05, 0.1) is 23.5 Å². The molecule has 4 heterocycles. The molecule has 3 unspecified atom stereocenters. The third-order valence-electron chi connectivity index (χ3n) is 5.80. The smallest absolute Gasteiger partial charge is 0.420 e. The first kappa shape index (κ1) is 48.8. The maximum Gasteiger partial charge on any atom is 0.420 e. The molecule has 0 fully saturated rings. The minimum absolute atomic E-state index is 0.133. The van der Waals surface area contributed by atoms with E-state index >= 15 is 0 Å². The van der Waals surface area contributed by atoms with E-state index in [0.717, 1.165) is 35.1 Å². The van der Waals surface area contributed by atoms with Gasteiger partial charge in [-0.15, -0.1) is 0 Å². The number of nitrogens with zero attached hydrogens (tertiary/aromatic N) is 4. The molecule has 0 spiro atoms. The molecule has 302 valence electrons. The van der Waals surface area contributed by atoms with Gasteiger partial charge < -0.3 is 25.8 Å². The lowest BCUT2D eigenvalue weighted by Crippen LogP contribution is -2.25. The van der Waals surface area contributed by atoms with Crippen LogP contribution in [0.25, 0.3) is 0 Å². The van der Waals surface area contributed by atoms with Gasteiger partial charge in [-0.3, -0.25) is 29.5 Å². The third-order valence-corrected chi connectivity index (χ3v) is 6.78. The van der Waals surface area contributed by atoms with Crippen LogP contribution in [0.5, 0.6) is 0 Å². The molecule has 22 heteroatoms. The summed E-state index contributed by atoms with van der Waals surface area (Å²) in [6.45, 7) is 5.07. The topological polar surface area (TPSA) is 182 Å². The minimum atomic E-state index is -4.79. The van der Waals surface area contributed by atoms with E-state index in [1.165, 1.54) is 24.4 Å². The fourth-order valence-electron chi connectivity index (χ4n) is 3.47. The Kier molecular flexibility index (Phi) is 18.8. The highest BCUT2D eigenvalue weighted by Crippen LogP contribution is 2.33. The highest BCUT2D eigenvalue weighted by molar-refractivity contribution is 9.10. The van der Waals surface area contributed by atoms with E-state index in [1.54, 1.807) is 39.1 Å². The van der Waals surface area contributed by atoms with E-state index < -0.39 is 65.5 Å². The van der Waals surface area contributed by atoms with E-state index in [4.69, 9.17) is 25.8 Å². The number of aromatic nitrogens is 4. The summed E-state index contributed by atoms with van der Waals surface area (Å²) in [5.41, 5.74) is 3.98. The fraction of sp³-hybridized carbons (Fsp3) is 0.333. The quantitative estimate of drug-likeness (QED) is 0.0838. The van der Waals surface area contributed by atoms with Crippen LogP contribution in [0.15, 0.2) is 82.3 Å². The number of carbonyl (C=O) groups is 2. The van der Waals surface area contributed by atoms with Crippen molar-refractivity contribution in [2.24, 2.45) is 0 Å². The van der Waals surface area contributed by atoms with Gasteiger partial charge in [-0.1, -0.05) is 31.9 Å². The molecule has 0 aliphatic rings. The number of nitrogens with two attached hydrogens (primary N) is 1. The van der Waals surface area contributed by atoms with Crippen LogP contribution in [-0.4, -0.2) is 71.6 Å². The van der Waals surface area contributed by atoms with E-state index in [1.807, 2.05) is 0 Å². The van der Waals surface area contributed by atoms with Crippen LogP contribution < -0.4 is 5.73 Å².